The van der Waals surface area contributed by atoms with Gasteiger partial charge in [-0.1, -0.05) is 0 Å². The molecule has 158 valence electrons. The van der Waals surface area contributed by atoms with E-state index in [2.05, 4.69) is 0 Å². The Morgan fingerprint density at radius 2 is 1.60 bits per heavy atom. The van der Waals surface area contributed by atoms with Crippen LogP contribution in [0.25, 0.3) is 22.3 Å². The highest BCUT2D eigenvalue weighted by molar-refractivity contribution is 5.84. The lowest BCUT2D eigenvalue weighted by Crippen LogP contribution is -2.55. The minimum atomic E-state index is -1.66. The number of fused-ring (bicyclic) bond motifs is 1. The van der Waals surface area contributed by atoms with Gasteiger partial charge in [-0.25, -0.2) is 0 Å². The molecule has 5 unspecified atom stereocenters. The summed E-state index contributed by atoms with van der Waals surface area (Å²) in [4.78, 5) is 12.7. The Bertz CT molecular complexity index is 1120. The summed E-state index contributed by atoms with van der Waals surface area (Å²) >= 11 is 0. The van der Waals surface area contributed by atoms with Gasteiger partial charge in [-0.15, -0.1) is 0 Å². The van der Waals surface area contributed by atoms with Gasteiger partial charge < -0.3 is 39.8 Å². The molecule has 4 rings (SSSR count). The van der Waals surface area contributed by atoms with Gasteiger partial charge in [0.15, 0.2) is 5.43 Å². The highest BCUT2D eigenvalue weighted by Gasteiger charge is 2.45. The number of hydrogen-bond acceptors (Lipinski definition) is 9. The molecule has 3 aromatic rings. The molecular formula is C21H20O9. The Kier molecular flexibility index (Phi) is 5.22. The molecule has 1 saturated heterocycles. The largest absolute Gasteiger partial charge is 0.508 e. The highest BCUT2D eigenvalue weighted by Crippen LogP contribution is 2.41. The fourth-order valence-corrected chi connectivity index (χ4v) is 3.61. The van der Waals surface area contributed by atoms with E-state index in [0.29, 0.717) is 5.56 Å². The molecule has 5 atom stereocenters. The second-order valence-electron chi connectivity index (χ2n) is 7.15. The lowest BCUT2D eigenvalue weighted by Gasteiger charge is -2.40. The third kappa shape index (κ3) is 3.32. The fourth-order valence-electron chi connectivity index (χ4n) is 3.61. The molecule has 6 N–H and O–H groups in total. The number of aromatic hydroxyl groups is 2. The first-order chi connectivity index (χ1) is 14.3. The van der Waals surface area contributed by atoms with Gasteiger partial charge in [0.1, 0.15) is 53.4 Å². The van der Waals surface area contributed by atoms with Crippen molar-refractivity contribution < 1.29 is 39.8 Å². The van der Waals surface area contributed by atoms with Crippen molar-refractivity contribution in [3.05, 3.63) is 58.3 Å². The predicted molar refractivity (Wildman–Crippen MR) is 104 cm³/mol. The second kappa shape index (κ2) is 7.71. The highest BCUT2D eigenvalue weighted by atomic mass is 16.5. The minimum absolute atomic E-state index is 0.0292. The summed E-state index contributed by atoms with van der Waals surface area (Å²) in [7, 11) is 0. The van der Waals surface area contributed by atoms with E-state index in [0.717, 1.165) is 0 Å². The number of hydrogen-bond donors (Lipinski definition) is 6. The summed E-state index contributed by atoms with van der Waals surface area (Å²) in [5.74, 6) is -0.191. The van der Waals surface area contributed by atoms with Crippen LogP contribution in [0.1, 0.15) is 11.7 Å². The van der Waals surface area contributed by atoms with Gasteiger partial charge in [-0.2, -0.15) is 0 Å². The van der Waals surface area contributed by atoms with Crippen LogP contribution in [0.2, 0.25) is 0 Å². The molecule has 2 aromatic carbocycles. The molecule has 1 fully saturated rings. The molecular weight excluding hydrogens is 396 g/mol. The number of aliphatic hydroxyl groups excluding tert-OH is 4. The topological polar surface area (TPSA) is 161 Å². The van der Waals surface area contributed by atoms with E-state index >= 15 is 0 Å². The monoisotopic (exact) mass is 416 g/mol. The van der Waals surface area contributed by atoms with E-state index in [-0.39, 0.29) is 33.8 Å². The van der Waals surface area contributed by atoms with Crippen LogP contribution in [-0.2, 0) is 4.74 Å². The normalized spacial score (nSPS) is 26.7. The predicted octanol–water partition coefficient (Wildman–Crippen LogP) is 0.386. The second-order valence-corrected chi connectivity index (χ2v) is 7.15. The fraction of sp³-hybridized carbons (Fsp3) is 0.286. The summed E-state index contributed by atoms with van der Waals surface area (Å²) in [6, 6.07) is 9.75. The van der Waals surface area contributed by atoms with Crippen LogP contribution in [0.15, 0.2) is 51.7 Å². The van der Waals surface area contributed by atoms with E-state index in [1.807, 2.05) is 0 Å². The van der Waals surface area contributed by atoms with Gasteiger partial charge >= 0.3 is 0 Å². The standard InChI is InChI=1S/C21H20O9/c22-8-15-17(26)18(27)19(28)21(30-15)16-12(24)6-5-11-13(25)7-14(29-20(11)16)9-1-3-10(23)4-2-9/h1-7,15,17-19,21-24,26-28H,8H2. The number of ether oxygens (including phenoxy) is 1. The Hall–Kier alpha value is -2.95. The molecule has 0 aliphatic carbocycles. The summed E-state index contributed by atoms with van der Waals surface area (Å²) in [5.41, 5.74) is -0.114. The van der Waals surface area contributed by atoms with Gasteiger partial charge in [-0.05, 0) is 36.4 Å². The van der Waals surface area contributed by atoms with Gasteiger partial charge in [0.2, 0.25) is 0 Å². The number of benzene rings is 2. The average molecular weight is 416 g/mol. The quantitative estimate of drug-likeness (QED) is 0.355. The van der Waals surface area contributed by atoms with Crippen molar-refractivity contribution in [3.8, 4) is 22.8 Å². The number of phenolic OH excluding ortho intramolecular Hbond substituents is 2. The lowest BCUT2D eigenvalue weighted by atomic mass is 9.90. The van der Waals surface area contributed by atoms with Crippen LogP contribution in [0.3, 0.4) is 0 Å². The molecule has 1 aliphatic rings. The van der Waals surface area contributed by atoms with Crippen molar-refractivity contribution in [2.45, 2.75) is 30.5 Å². The molecule has 0 amide bonds. The first-order valence-corrected chi connectivity index (χ1v) is 9.21. The number of phenols is 2. The van der Waals surface area contributed by atoms with Crippen molar-refractivity contribution in [2.24, 2.45) is 0 Å². The Balaban J connectivity index is 1.92. The molecule has 0 radical (unpaired) electrons. The zero-order chi connectivity index (χ0) is 21.6. The molecule has 0 saturated carbocycles. The average Bonchev–Trinajstić information content (AvgIpc) is 2.73. The maximum atomic E-state index is 12.7. The van der Waals surface area contributed by atoms with Crippen LogP contribution in [0, 0.1) is 0 Å². The molecule has 0 bridgehead atoms. The lowest BCUT2D eigenvalue weighted by molar-refractivity contribution is -0.231. The summed E-state index contributed by atoms with van der Waals surface area (Å²) in [6.45, 7) is -0.643. The first-order valence-electron chi connectivity index (χ1n) is 9.21. The van der Waals surface area contributed by atoms with Crippen LogP contribution in [0.5, 0.6) is 11.5 Å². The van der Waals surface area contributed by atoms with Crippen molar-refractivity contribution in [1.82, 2.24) is 0 Å². The molecule has 1 aliphatic heterocycles. The number of rotatable bonds is 3. The Morgan fingerprint density at radius 3 is 2.27 bits per heavy atom. The van der Waals surface area contributed by atoms with E-state index in [9.17, 15) is 35.4 Å². The van der Waals surface area contributed by atoms with E-state index in [4.69, 9.17) is 9.15 Å². The Morgan fingerprint density at radius 1 is 0.900 bits per heavy atom. The summed E-state index contributed by atoms with van der Waals surface area (Å²) in [6.07, 6.45) is -7.49. The molecule has 0 spiro atoms. The van der Waals surface area contributed by atoms with Gasteiger partial charge in [0.05, 0.1) is 17.6 Å². The molecule has 30 heavy (non-hydrogen) atoms. The molecule has 9 nitrogen and oxygen atoms in total. The van der Waals surface area contributed by atoms with Gasteiger partial charge in [0, 0.05) is 11.6 Å². The van der Waals surface area contributed by atoms with Crippen LogP contribution < -0.4 is 5.43 Å². The maximum Gasteiger partial charge on any atom is 0.193 e. The summed E-state index contributed by atoms with van der Waals surface area (Å²) < 4.78 is 11.4. The van der Waals surface area contributed by atoms with Crippen LogP contribution in [0.4, 0.5) is 0 Å². The smallest absolute Gasteiger partial charge is 0.193 e. The molecule has 9 heteroatoms. The Labute approximate surface area is 169 Å². The first kappa shape index (κ1) is 20.3. The SMILES string of the molecule is O=c1cc(-c2ccc(O)cc2)oc2c(C3OC(CO)C(O)C(O)C3O)c(O)ccc12. The summed E-state index contributed by atoms with van der Waals surface area (Å²) in [5, 5.41) is 60.1. The van der Waals surface area contributed by atoms with Gasteiger partial charge in [0.25, 0.3) is 0 Å². The number of aliphatic hydroxyl groups is 4. The minimum Gasteiger partial charge on any atom is -0.508 e. The third-order valence-electron chi connectivity index (χ3n) is 5.24. The van der Waals surface area contributed by atoms with Crippen molar-refractivity contribution in [1.29, 1.82) is 0 Å². The zero-order valence-electron chi connectivity index (χ0n) is 15.5. The zero-order valence-corrected chi connectivity index (χ0v) is 15.5. The van der Waals surface area contributed by atoms with Crippen LogP contribution >= 0.6 is 0 Å². The van der Waals surface area contributed by atoms with Crippen LogP contribution in [-0.4, -0.2) is 61.7 Å². The van der Waals surface area contributed by atoms with Gasteiger partial charge in [-0.3, -0.25) is 4.79 Å². The van der Waals surface area contributed by atoms with Crippen molar-refractivity contribution in [2.75, 3.05) is 6.61 Å². The van der Waals surface area contributed by atoms with Crippen molar-refractivity contribution >= 4 is 11.0 Å². The third-order valence-corrected chi connectivity index (χ3v) is 5.24. The maximum absolute atomic E-state index is 12.7. The molecule has 2 heterocycles. The van der Waals surface area contributed by atoms with E-state index in [1.54, 1.807) is 0 Å². The van der Waals surface area contributed by atoms with E-state index in [1.165, 1.54) is 42.5 Å². The van der Waals surface area contributed by atoms with E-state index < -0.39 is 42.6 Å². The molecule has 1 aromatic heterocycles. The van der Waals surface area contributed by atoms with Crippen molar-refractivity contribution in [3.63, 3.8) is 0 Å².